The Bertz CT molecular complexity index is 235. The number of aliphatic hydroxyl groups is 1. The third kappa shape index (κ3) is 5.38. The van der Waals surface area contributed by atoms with E-state index in [1.165, 1.54) is 38.5 Å². The van der Waals surface area contributed by atoms with Crippen molar-refractivity contribution in [2.75, 3.05) is 20.2 Å². The molecule has 0 aromatic carbocycles. The summed E-state index contributed by atoms with van der Waals surface area (Å²) in [6.07, 6.45) is 9.12. The molecule has 0 aliphatic heterocycles. The second-order valence-corrected chi connectivity index (χ2v) is 5.77. The van der Waals surface area contributed by atoms with Crippen LogP contribution >= 0.6 is 0 Å². The van der Waals surface area contributed by atoms with Crippen LogP contribution in [0.5, 0.6) is 0 Å². The van der Waals surface area contributed by atoms with Gasteiger partial charge in [0.05, 0.1) is 0 Å². The Morgan fingerprint density at radius 3 is 2.39 bits per heavy atom. The molecular weight excluding hydrogens is 226 g/mol. The number of hydrogen-bond acceptors (Lipinski definition) is 2. The fraction of sp³-hybridized carbons (Fsp3) is 0.933. The van der Waals surface area contributed by atoms with Gasteiger partial charge in [0.15, 0.2) is 0 Å². The molecule has 3 nitrogen and oxygen atoms in total. The first-order valence-electron chi connectivity index (χ1n) is 7.52. The van der Waals surface area contributed by atoms with E-state index in [1.807, 2.05) is 7.05 Å². The van der Waals surface area contributed by atoms with E-state index in [0.717, 1.165) is 5.92 Å². The highest BCUT2D eigenvalue weighted by Crippen LogP contribution is 2.33. The van der Waals surface area contributed by atoms with Gasteiger partial charge in [0, 0.05) is 26.6 Å². The molecule has 106 valence electrons. The maximum atomic E-state index is 12.0. The summed E-state index contributed by atoms with van der Waals surface area (Å²) in [7, 11) is 1.85. The van der Waals surface area contributed by atoms with E-state index in [1.54, 1.807) is 4.90 Å². The molecule has 0 aromatic heterocycles. The Morgan fingerprint density at radius 1 is 1.22 bits per heavy atom. The summed E-state index contributed by atoms with van der Waals surface area (Å²) in [6.45, 7) is 3.10. The lowest BCUT2D eigenvalue weighted by molar-refractivity contribution is -0.131. The fourth-order valence-electron chi connectivity index (χ4n) is 2.97. The van der Waals surface area contributed by atoms with Gasteiger partial charge < -0.3 is 10.0 Å². The molecule has 0 saturated heterocycles. The van der Waals surface area contributed by atoms with E-state index in [2.05, 4.69) is 6.92 Å². The molecule has 0 aromatic rings. The molecular formula is C15H29NO2. The van der Waals surface area contributed by atoms with E-state index in [-0.39, 0.29) is 12.5 Å². The molecule has 0 radical (unpaired) electrons. The van der Waals surface area contributed by atoms with Crippen molar-refractivity contribution < 1.29 is 9.90 Å². The number of nitrogens with zero attached hydrogens (tertiary/aromatic N) is 1. The minimum atomic E-state index is 0.166. The Hall–Kier alpha value is -0.570. The van der Waals surface area contributed by atoms with Crippen LogP contribution in [0.15, 0.2) is 0 Å². The van der Waals surface area contributed by atoms with Crippen molar-refractivity contribution >= 4 is 5.91 Å². The number of amides is 1. The summed E-state index contributed by atoms with van der Waals surface area (Å²) in [6, 6.07) is 0. The van der Waals surface area contributed by atoms with Crippen LogP contribution in [-0.4, -0.2) is 36.1 Å². The van der Waals surface area contributed by atoms with Crippen LogP contribution in [0.1, 0.15) is 58.3 Å². The summed E-state index contributed by atoms with van der Waals surface area (Å²) in [5.41, 5.74) is 0. The van der Waals surface area contributed by atoms with Crippen LogP contribution in [0.4, 0.5) is 0 Å². The van der Waals surface area contributed by atoms with Crippen LogP contribution in [0, 0.1) is 11.8 Å². The van der Waals surface area contributed by atoms with Gasteiger partial charge in [-0.15, -0.1) is 0 Å². The average molecular weight is 255 g/mol. The van der Waals surface area contributed by atoms with Crippen molar-refractivity contribution in [3.05, 3.63) is 0 Å². The van der Waals surface area contributed by atoms with E-state index in [0.29, 0.717) is 25.3 Å². The lowest BCUT2D eigenvalue weighted by Crippen LogP contribution is -2.30. The fourth-order valence-corrected chi connectivity index (χ4v) is 2.97. The van der Waals surface area contributed by atoms with Crippen molar-refractivity contribution in [1.29, 1.82) is 0 Å². The standard InChI is InChI=1S/C15H29NO2/c1-3-5-13-6-8-14(9-7-13)12-15(18)16(2)10-4-11-17/h13-14,17H,3-12H2,1-2H3. The highest BCUT2D eigenvalue weighted by molar-refractivity contribution is 5.76. The van der Waals surface area contributed by atoms with Crippen LogP contribution in [0.2, 0.25) is 0 Å². The first-order chi connectivity index (χ1) is 8.67. The van der Waals surface area contributed by atoms with Crippen LogP contribution in [-0.2, 0) is 4.79 Å². The van der Waals surface area contributed by atoms with Gasteiger partial charge >= 0.3 is 0 Å². The molecule has 0 unspecified atom stereocenters. The van der Waals surface area contributed by atoms with Gasteiger partial charge in [0.1, 0.15) is 0 Å². The zero-order valence-electron chi connectivity index (χ0n) is 12.0. The number of carbonyl (C=O) groups excluding carboxylic acids is 1. The molecule has 1 aliphatic rings. The van der Waals surface area contributed by atoms with Gasteiger partial charge in [0.2, 0.25) is 5.91 Å². The van der Waals surface area contributed by atoms with Gasteiger partial charge in [-0.05, 0) is 31.1 Å². The van der Waals surface area contributed by atoms with Crippen molar-refractivity contribution in [3.8, 4) is 0 Å². The second-order valence-electron chi connectivity index (χ2n) is 5.77. The SMILES string of the molecule is CCCC1CCC(CC(=O)N(C)CCCO)CC1. The minimum Gasteiger partial charge on any atom is -0.396 e. The average Bonchev–Trinajstić information content (AvgIpc) is 2.38. The van der Waals surface area contributed by atoms with Crippen LogP contribution < -0.4 is 0 Å². The lowest BCUT2D eigenvalue weighted by atomic mass is 9.78. The minimum absolute atomic E-state index is 0.166. The molecule has 1 saturated carbocycles. The third-order valence-electron chi connectivity index (χ3n) is 4.20. The second kappa shape index (κ2) is 8.52. The number of aliphatic hydroxyl groups excluding tert-OH is 1. The number of rotatable bonds is 7. The molecule has 0 heterocycles. The Balaban J connectivity index is 2.21. The largest absolute Gasteiger partial charge is 0.396 e. The zero-order chi connectivity index (χ0) is 13.4. The van der Waals surface area contributed by atoms with Gasteiger partial charge in [-0.25, -0.2) is 0 Å². The molecule has 1 amide bonds. The predicted octanol–water partition coefficient (Wildman–Crippen LogP) is 2.82. The van der Waals surface area contributed by atoms with Gasteiger partial charge in [-0.2, -0.15) is 0 Å². The van der Waals surface area contributed by atoms with Crippen molar-refractivity contribution in [3.63, 3.8) is 0 Å². The molecule has 1 N–H and O–H groups in total. The monoisotopic (exact) mass is 255 g/mol. The smallest absolute Gasteiger partial charge is 0.222 e. The van der Waals surface area contributed by atoms with E-state index >= 15 is 0 Å². The summed E-state index contributed by atoms with van der Waals surface area (Å²) in [5, 5.41) is 8.76. The molecule has 0 atom stereocenters. The van der Waals surface area contributed by atoms with E-state index < -0.39 is 0 Å². The normalized spacial score (nSPS) is 23.9. The maximum absolute atomic E-state index is 12.0. The topological polar surface area (TPSA) is 40.5 Å². The molecule has 0 bridgehead atoms. The lowest BCUT2D eigenvalue weighted by Gasteiger charge is -2.29. The quantitative estimate of drug-likeness (QED) is 0.760. The Morgan fingerprint density at radius 2 is 1.83 bits per heavy atom. The third-order valence-corrected chi connectivity index (χ3v) is 4.20. The van der Waals surface area contributed by atoms with Crippen LogP contribution in [0.25, 0.3) is 0 Å². The molecule has 3 heteroatoms. The molecule has 0 spiro atoms. The van der Waals surface area contributed by atoms with E-state index in [9.17, 15) is 4.79 Å². The van der Waals surface area contributed by atoms with Crippen molar-refractivity contribution in [2.24, 2.45) is 11.8 Å². The first kappa shape index (κ1) is 15.5. The van der Waals surface area contributed by atoms with E-state index in [4.69, 9.17) is 5.11 Å². The highest BCUT2D eigenvalue weighted by atomic mass is 16.3. The molecule has 1 fully saturated rings. The molecule has 1 aliphatic carbocycles. The number of carbonyl (C=O) groups is 1. The van der Waals surface area contributed by atoms with Crippen LogP contribution in [0.3, 0.4) is 0 Å². The summed E-state index contributed by atoms with van der Waals surface area (Å²) < 4.78 is 0. The summed E-state index contributed by atoms with van der Waals surface area (Å²) in [4.78, 5) is 13.7. The zero-order valence-corrected chi connectivity index (χ0v) is 12.0. The van der Waals surface area contributed by atoms with Gasteiger partial charge in [-0.1, -0.05) is 32.6 Å². The van der Waals surface area contributed by atoms with Crippen molar-refractivity contribution in [1.82, 2.24) is 4.90 Å². The molecule has 1 rings (SSSR count). The van der Waals surface area contributed by atoms with Gasteiger partial charge in [0.25, 0.3) is 0 Å². The highest BCUT2D eigenvalue weighted by Gasteiger charge is 2.23. The number of hydrogen-bond donors (Lipinski definition) is 1. The van der Waals surface area contributed by atoms with Gasteiger partial charge in [-0.3, -0.25) is 4.79 Å². The van der Waals surface area contributed by atoms with Crippen molar-refractivity contribution in [2.45, 2.75) is 58.3 Å². The summed E-state index contributed by atoms with van der Waals surface area (Å²) in [5.74, 6) is 1.76. The first-order valence-corrected chi connectivity index (χ1v) is 7.52. The molecule has 18 heavy (non-hydrogen) atoms. The maximum Gasteiger partial charge on any atom is 0.222 e. The predicted molar refractivity (Wildman–Crippen MR) is 74.3 cm³/mol. The Labute approximate surface area is 112 Å². The Kier molecular flexibility index (Phi) is 7.33. The summed E-state index contributed by atoms with van der Waals surface area (Å²) >= 11 is 0.